The number of aryl methyl sites for hydroxylation is 1. The summed E-state index contributed by atoms with van der Waals surface area (Å²) in [6.07, 6.45) is 3.81. The first-order chi connectivity index (χ1) is 5.29. The van der Waals surface area contributed by atoms with Crippen molar-refractivity contribution in [3.8, 4) is 0 Å². The van der Waals surface area contributed by atoms with Gasteiger partial charge in [-0.15, -0.1) is 0 Å². The predicted molar refractivity (Wildman–Crippen MR) is 53.5 cm³/mol. The molecule has 11 heavy (non-hydrogen) atoms. The molecule has 0 saturated heterocycles. The van der Waals surface area contributed by atoms with E-state index in [1.54, 1.807) is 0 Å². The molecule has 3 heteroatoms. The first-order valence-corrected chi connectivity index (χ1v) is 4.45. The lowest BCUT2D eigenvalue weighted by molar-refractivity contribution is 1.32. The standard InChI is InChI=1S/C8H7IN2/c1-5-4-11-8-7(5)6(9)2-3-10-8/h2-4H,1H3,(H,10,11). The third-order valence-corrected chi connectivity index (χ3v) is 2.62. The first-order valence-electron chi connectivity index (χ1n) is 3.37. The average molecular weight is 258 g/mol. The molecule has 0 atom stereocenters. The second-order valence-electron chi connectivity index (χ2n) is 2.49. The quantitative estimate of drug-likeness (QED) is 0.722. The summed E-state index contributed by atoms with van der Waals surface area (Å²) in [6.45, 7) is 2.09. The van der Waals surface area contributed by atoms with Crippen molar-refractivity contribution in [2.24, 2.45) is 0 Å². The fourth-order valence-electron chi connectivity index (χ4n) is 1.17. The highest BCUT2D eigenvalue weighted by Gasteiger charge is 2.02. The fraction of sp³-hybridized carbons (Fsp3) is 0.125. The minimum atomic E-state index is 0.981. The van der Waals surface area contributed by atoms with Crippen LogP contribution in [0.2, 0.25) is 0 Å². The lowest BCUT2D eigenvalue weighted by Crippen LogP contribution is -1.78. The monoisotopic (exact) mass is 258 g/mol. The van der Waals surface area contributed by atoms with Crippen molar-refractivity contribution in [1.29, 1.82) is 0 Å². The molecule has 2 aromatic rings. The summed E-state index contributed by atoms with van der Waals surface area (Å²) in [5.74, 6) is 0. The molecular weight excluding hydrogens is 251 g/mol. The van der Waals surface area contributed by atoms with E-state index >= 15 is 0 Å². The zero-order valence-electron chi connectivity index (χ0n) is 6.06. The number of hydrogen-bond donors (Lipinski definition) is 1. The third-order valence-electron chi connectivity index (χ3n) is 1.72. The Bertz CT molecular complexity index is 392. The SMILES string of the molecule is Cc1c[nH]c2nccc(I)c12. The summed E-state index contributed by atoms with van der Waals surface area (Å²) in [5.41, 5.74) is 2.24. The van der Waals surface area contributed by atoms with E-state index in [1.165, 1.54) is 14.5 Å². The molecule has 2 heterocycles. The molecule has 1 N–H and O–H groups in total. The molecule has 0 amide bonds. The molecule has 2 rings (SSSR count). The number of aromatic amines is 1. The molecule has 0 aliphatic heterocycles. The minimum absolute atomic E-state index is 0.981. The van der Waals surface area contributed by atoms with E-state index in [-0.39, 0.29) is 0 Å². The Morgan fingerprint density at radius 3 is 3.09 bits per heavy atom. The van der Waals surface area contributed by atoms with Gasteiger partial charge in [0.25, 0.3) is 0 Å². The third kappa shape index (κ3) is 1.03. The number of pyridine rings is 1. The molecule has 56 valence electrons. The van der Waals surface area contributed by atoms with Gasteiger partial charge in [0.15, 0.2) is 0 Å². The minimum Gasteiger partial charge on any atom is -0.346 e. The van der Waals surface area contributed by atoms with Crippen molar-refractivity contribution in [1.82, 2.24) is 9.97 Å². The van der Waals surface area contributed by atoms with Crippen LogP contribution in [0.5, 0.6) is 0 Å². The van der Waals surface area contributed by atoms with Crippen LogP contribution in [0, 0.1) is 10.5 Å². The Hall–Kier alpha value is -0.580. The van der Waals surface area contributed by atoms with Gasteiger partial charge < -0.3 is 4.98 Å². The van der Waals surface area contributed by atoms with Gasteiger partial charge >= 0.3 is 0 Å². The maximum absolute atomic E-state index is 4.20. The van der Waals surface area contributed by atoms with Crippen molar-refractivity contribution in [2.45, 2.75) is 6.92 Å². The Balaban J connectivity index is 2.96. The summed E-state index contributed by atoms with van der Waals surface area (Å²) in [4.78, 5) is 7.32. The Kier molecular flexibility index (Phi) is 1.60. The maximum Gasteiger partial charge on any atom is 0.138 e. The van der Waals surface area contributed by atoms with Gasteiger partial charge in [-0.25, -0.2) is 4.98 Å². The van der Waals surface area contributed by atoms with E-state index in [9.17, 15) is 0 Å². The molecule has 0 aliphatic carbocycles. The van der Waals surface area contributed by atoms with Gasteiger partial charge in [0.1, 0.15) is 5.65 Å². The van der Waals surface area contributed by atoms with E-state index in [0.717, 1.165) is 5.65 Å². The number of rotatable bonds is 0. The van der Waals surface area contributed by atoms with E-state index in [0.29, 0.717) is 0 Å². The van der Waals surface area contributed by atoms with Gasteiger partial charge in [0.2, 0.25) is 0 Å². The predicted octanol–water partition coefficient (Wildman–Crippen LogP) is 2.48. The number of nitrogens with one attached hydrogen (secondary N) is 1. The van der Waals surface area contributed by atoms with Gasteiger partial charge in [0, 0.05) is 21.4 Å². The van der Waals surface area contributed by atoms with Crippen molar-refractivity contribution in [2.75, 3.05) is 0 Å². The number of halogens is 1. The van der Waals surface area contributed by atoms with Crippen LogP contribution in [0.1, 0.15) is 5.56 Å². The number of nitrogens with zero attached hydrogens (tertiary/aromatic N) is 1. The van der Waals surface area contributed by atoms with Crippen LogP contribution in [0.25, 0.3) is 11.0 Å². The van der Waals surface area contributed by atoms with Gasteiger partial charge in [-0.3, -0.25) is 0 Å². The van der Waals surface area contributed by atoms with Crippen molar-refractivity contribution in [3.05, 3.63) is 27.6 Å². The second-order valence-corrected chi connectivity index (χ2v) is 3.65. The second kappa shape index (κ2) is 2.48. The van der Waals surface area contributed by atoms with Crippen LogP contribution >= 0.6 is 22.6 Å². The van der Waals surface area contributed by atoms with Crippen LogP contribution in [0.4, 0.5) is 0 Å². The van der Waals surface area contributed by atoms with Crippen LogP contribution < -0.4 is 0 Å². The van der Waals surface area contributed by atoms with E-state index in [1.807, 2.05) is 18.5 Å². The summed E-state index contributed by atoms with van der Waals surface area (Å²) in [7, 11) is 0. The molecule has 2 aromatic heterocycles. The summed E-state index contributed by atoms with van der Waals surface area (Å²) < 4.78 is 1.26. The van der Waals surface area contributed by atoms with E-state index in [2.05, 4.69) is 39.5 Å². The van der Waals surface area contributed by atoms with Crippen molar-refractivity contribution in [3.63, 3.8) is 0 Å². The highest BCUT2D eigenvalue weighted by molar-refractivity contribution is 14.1. The molecule has 0 unspecified atom stereocenters. The highest BCUT2D eigenvalue weighted by Crippen LogP contribution is 2.20. The van der Waals surface area contributed by atoms with Gasteiger partial charge in [0.05, 0.1) is 0 Å². The topological polar surface area (TPSA) is 28.7 Å². The smallest absolute Gasteiger partial charge is 0.138 e. The Labute approximate surface area is 78.2 Å². The molecule has 0 bridgehead atoms. The molecule has 0 spiro atoms. The lowest BCUT2D eigenvalue weighted by Gasteiger charge is -1.92. The summed E-state index contributed by atoms with van der Waals surface area (Å²) >= 11 is 2.32. The average Bonchev–Trinajstić information content (AvgIpc) is 2.34. The van der Waals surface area contributed by atoms with Gasteiger partial charge in [-0.2, -0.15) is 0 Å². The fourth-order valence-corrected chi connectivity index (χ4v) is 2.01. The van der Waals surface area contributed by atoms with Crippen LogP contribution in [0.15, 0.2) is 18.5 Å². The van der Waals surface area contributed by atoms with E-state index in [4.69, 9.17) is 0 Å². The highest BCUT2D eigenvalue weighted by atomic mass is 127. The summed E-state index contributed by atoms with van der Waals surface area (Å²) in [6, 6.07) is 2.02. The zero-order chi connectivity index (χ0) is 7.84. The number of H-pyrrole nitrogens is 1. The Morgan fingerprint density at radius 2 is 2.36 bits per heavy atom. The zero-order valence-corrected chi connectivity index (χ0v) is 8.21. The molecule has 0 aliphatic rings. The molecule has 0 aromatic carbocycles. The lowest BCUT2D eigenvalue weighted by atomic mass is 10.2. The first kappa shape index (κ1) is 7.09. The van der Waals surface area contributed by atoms with Crippen LogP contribution in [-0.4, -0.2) is 9.97 Å². The van der Waals surface area contributed by atoms with Crippen molar-refractivity contribution < 1.29 is 0 Å². The number of fused-ring (bicyclic) bond motifs is 1. The Morgan fingerprint density at radius 1 is 1.55 bits per heavy atom. The number of aromatic nitrogens is 2. The largest absolute Gasteiger partial charge is 0.346 e. The molecule has 0 fully saturated rings. The van der Waals surface area contributed by atoms with Gasteiger partial charge in [-0.05, 0) is 41.1 Å². The van der Waals surface area contributed by atoms with Crippen LogP contribution in [0.3, 0.4) is 0 Å². The van der Waals surface area contributed by atoms with Crippen LogP contribution in [-0.2, 0) is 0 Å². The van der Waals surface area contributed by atoms with Crippen molar-refractivity contribution >= 4 is 33.6 Å². The number of hydrogen-bond acceptors (Lipinski definition) is 1. The summed E-state index contributed by atoms with van der Waals surface area (Å²) in [5, 5.41) is 1.24. The molecular formula is C8H7IN2. The maximum atomic E-state index is 4.20. The molecule has 0 saturated carbocycles. The van der Waals surface area contributed by atoms with E-state index < -0.39 is 0 Å². The van der Waals surface area contributed by atoms with Gasteiger partial charge in [-0.1, -0.05) is 0 Å². The normalized spacial score (nSPS) is 10.7. The molecule has 2 nitrogen and oxygen atoms in total. The molecule has 0 radical (unpaired) electrons.